The van der Waals surface area contributed by atoms with Gasteiger partial charge in [-0.3, -0.25) is 4.79 Å². The Bertz CT molecular complexity index is 708. The molecule has 2 heterocycles. The number of rotatable bonds is 2. The molecule has 21 heavy (non-hydrogen) atoms. The van der Waals surface area contributed by atoms with Crippen LogP contribution in [0.25, 0.3) is 11.8 Å². The molecule has 0 fully saturated rings. The number of allylic oxidation sites excluding steroid dienone is 2. The van der Waals surface area contributed by atoms with Gasteiger partial charge in [0.1, 0.15) is 0 Å². The van der Waals surface area contributed by atoms with Crippen molar-refractivity contribution in [1.29, 1.82) is 0 Å². The van der Waals surface area contributed by atoms with Gasteiger partial charge in [-0.25, -0.2) is 0 Å². The maximum absolute atomic E-state index is 12.4. The molecule has 2 rings (SSSR count). The van der Waals surface area contributed by atoms with E-state index in [0.29, 0.717) is 6.04 Å². The highest BCUT2D eigenvalue weighted by Crippen LogP contribution is 2.06. The van der Waals surface area contributed by atoms with Crippen LogP contribution in [0.3, 0.4) is 0 Å². The number of nitrogens with zero attached hydrogens (tertiary/aromatic N) is 1. The lowest BCUT2D eigenvalue weighted by Gasteiger charge is -2.25. The minimum Gasteiger partial charge on any atom is -0.381 e. The molecule has 1 aromatic heterocycles. The monoisotopic (exact) mass is 286 g/mol. The zero-order valence-corrected chi connectivity index (χ0v) is 13.7. The first kappa shape index (κ1) is 17.0. The zero-order chi connectivity index (χ0) is 16.0. The van der Waals surface area contributed by atoms with Crippen molar-refractivity contribution in [2.75, 3.05) is 6.54 Å². The Balaban J connectivity index is 0.00000106. The van der Waals surface area contributed by atoms with E-state index in [1.165, 1.54) is 0 Å². The van der Waals surface area contributed by atoms with Gasteiger partial charge in [0.05, 0.1) is 11.0 Å². The molecule has 1 atom stereocenters. The first-order valence-corrected chi connectivity index (χ1v) is 7.55. The highest BCUT2D eigenvalue weighted by Gasteiger charge is 2.15. The lowest BCUT2D eigenvalue weighted by molar-refractivity contribution is 0.490. The largest absolute Gasteiger partial charge is 0.381 e. The van der Waals surface area contributed by atoms with E-state index in [1.807, 2.05) is 52.1 Å². The molecule has 1 aliphatic heterocycles. The quantitative estimate of drug-likeness (QED) is 0.902. The normalized spacial score (nSPS) is 17.9. The second-order valence-corrected chi connectivity index (χ2v) is 4.85. The first-order chi connectivity index (χ1) is 10.1. The highest BCUT2D eigenvalue weighted by atomic mass is 16.1. The molecule has 0 aliphatic carbocycles. The van der Waals surface area contributed by atoms with Gasteiger partial charge in [-0.2, -0.15) is 0 Å². The van der Waals surface area contributed by atoms with Gasteiger partial charge in [-0.1, -0.05) is 32.6 Å². The summed E-state index contributed by atoms with van der Waals surface area (Å²) in [5.74, 6) is 0. The van der Waals surface area contributed by atoms with Crippen LogP contribution < -0.4 is 21.3 Å². The number of aromatic nitrogens is 1. The Hall–Kier alpha value is -2.03. The van der Waals surface area contributed by atoms with Crippen molar-refractivity contribution in [3.05, 3.63) is 57.4 Å². The fourth-order valence-electron chi connectivity index (χ4n) is 2.38. The molecule has 1 aromatic rings. The molecule has 0 spiro atoms. The van der Waals surface area contributed by atoms with Crippen LogP contribution in [0.4, 0.5) is 0 Å². The Kier molecular flexibility index (Phi) is 6.22. The average Bonchev–Trinajstić information content (AvgIpc) is 2.51. The third-order valence-corrected chi connectivity index (χ3v) is 3.43. The van der Waals surface area contributed by atoms with Crippen LogP contribution >= 0.6 is 0 Å². The summed E-state index contributed by atoms with van der Waals surface area (Å²) in [5.41, 5.74) is 1.78. The van der Waals surface area contributed by atoms with Gasteiger partial charge in [0, 0.05) is 29.6 Å². The van der Waals surface area contributed by atoms with E-state index in [-0.39, 0.29) is 5.43 Å². The third-order valence-electron chi connectivity index (χ3n) is 3.43. The summed E-state index contributed by atoms with van der Waals surface area (Å²) in [4.78, 5) is 12.4. The fourth-order valence-corrected chi connectivity index (χ4v) is 2.38. The predicted octanol–water partition coefficient (Wildman–Crippen LogP) is 2.00. The highest BCUT2D eigenvalue weighted by molar-refractivity contribution is 5.55. The van der Waals surface area contributed by atoms with Gasteiger partial charge >= 0.3 is 0 Å². The van der Waals surface area contributed by atoms with E-state index in [2.05, 4.69) is 23.4 Å². The summed E-state index contributed by atoms with van der Waals surface area (Å²) in [6.45, 7) is 14.6. The maximum atomic E-state index is 12.4. The van der Waals surface area contributed by atoms with Crippen molar-refractivity contribution >= 4 is 11.8 Å². The van der Waals surface area contributed by atoms with Crippen molar-refractivity contribution < 1.29 is 0 Å². The fraction of sp³-hybridized carbons (Fsp3) is 0.389. The van der Waals surface area contributed by atoms with Gasteiger partial charge < -0.3 is 9.88 Å². The topological polar surface area (TPSA) is 34.0 Å². The maximum Gasteiger partial charge on any atom is 0.192 e. The first-order valence-electron chi connectivity index (χ1n) is 7.55. The van der Waals surface area contributed by atoms with E-state index >= 15 is 0 Å². The van der Waals surface area contributed by atoms with E-state index in [1.54, 1.807) is 6.08 Å². The lowest BCUT2D eigenvalue weighted by Crippen LogP contribution is -2.53. The molecule has 1 N–H and O–H groups in total. The van der Waals surface area contributed by atoms with E-state index < -0.39 is 0 Å². The molecule has 3 nitrogen and oxygen atoms in total. The molecule has 0 amide bonds. The summed E-state index contributed by atoms with van der Waals surface area (Å²) in [5, 5.41) is 4.99. The number of hydrogen-bond acceptors (Lipinski definition) is 2. The minimum absolute atomic E-state index is 0.0830. The molecule has 0 bridgehead atoms. The van der Waals surface area contributed by atoms with Crippen LogP contribution in [0.2, 0.25) is 0 Å². The van der Waals surface area contributed by atoms with Crippen LogP contribution in [-0.2, 0) is 0 Å². The van der Waals surface area contributed by atoms with E-state index in [9.17, 15) is 4.79 Å². The minimum atomic E-state index is 0.0830. The summed E-state index contributed by atoms with van der Waals surface area (Å²) >= 11 is 0. The Labute approximate surface area is 127 Å². The Morgan fingerprint density at radius 2 is 2.10 bits per heavy atom. The molecular formula is C18H26N2O. The molecule has 0 radical (unpaired) electrons. The number of nitrogens with one attached hydrogen (secondary N) is 1. The number of aryl methyl sites for hydroxylation is 1. The van der Waals surface area contributed by atoms with Crippen LogP contribution in [0.1, 0.15) is 39.3 Å². The van der Waals surface area contributed by atoms with Crippen molar-refractivity contribution in [2.45, 2.75) is 40.7 Å². The van der Waals surface area contributed by atoms with Crippen LogP contribution in [0.5, 0.6) is 0 Å². The molecule has 0 saturated heterocycles. The Morgan fingerprint density at radius 1 is 1.43 bits per heavy atom. The van der Waals surface area contributed by atoms with Crippen molar-refractivity contribution in [3.8, 4) is 0 Å². The second-order valence-electron chi connectivity index (χ2n) is 4.85. The smallest absolute Gasteiger partial charge is 0.192 e. The summed E-state index contributed by atoms with van der Waals surface area (Å²) in [6.07, 6.45) is 9.42. The summed E-state index contributed by atoms with van der Waals surface area (Å²) < 4.78 is 2.17. The van der Waals surface area contributed by atoms with Crippen molar-refractivity contribution in [3.63, 3.8) is 0 Å². The van der Waals surface area contributed by atoms with Gasteiger partial charge in [0.2, 0.25) is 0 Å². The van der Waals surface area contributed by atoms with E-state index in [0.717, 1.165) is 28.4 Å². The number of hydrogen-bond donors (Lipinski definition) is 1. The van der Waals surface area contributed by atoms with Crippen LogP contribution in [-0.4, -0.2) is 11.1 Å². The standard InChI is InChI=1S/C16H20N2O.C2H6/c1-5-7-8-13-15-14(6-2)17-9-12(4)18(15)10-11(3)16(13)19;1-2/h5-8,10,12,17H,2,9H2,1,3-4H3;1-2H3/b7-5-,13-8+;. The number of pyridine rings is 1. The van der Waals surface area contributed by atoms with Crippen molar-refractivity contribution in [2.24, 2.45) is 0 Å². The third kappa shape index (κ3) is 3.35. The predicted molar refractivity (Wildman–Crippen MR) is 91.6 cm³/mol. The lowest BCUT2D eigenvalue weighted by atomic mass is 10.1. The molecular weight excluding hydrogens is 260 g/mol. The van der Waals surface area contributed by atoms with Crippen LogP contribution in [0, 0.1) is 6.92 Å². The summed E-state index contributed by atoms with van der Waals surface area (Å²) in [6, 6.07) is 0.316. The Morgan fingerprint density at radius 3 is 2.67 bits per heavy atom. The van der Waals surface area contributed by atoms with Gasteiger partial charge in [0.15, 0.2) is 5.43 Å². The molecule has 114 valence electrons. The average molecular weight is 286 g/mol. The second kappa shape index (κ2) is 7.67. The zero-order valence-electron chi connectivity index (χ0n) is 13.7. The summed E-state index contributed by atoms with van der Waals surface area (Å²) in [7, 11) is 0. The SMILES string of the molecule is C=CC1=c2/c(=C\C=C/C)c(=O)c(C)cn2C(C)CN1.CC. The van der Waals surface area contributed by atoms with Gasteiger partial charge in [-0.05, 0) is 32.9 Å². The molecule has 0 aromatic carbocycles. The van der Waals surface area contributed by atoms with Crippen molar-refractivity contribution in [1.82, 2.24) is 9.88 Å². The molecule has 0 saturated carbocycles. The van der Waals surface area contributed by atoms with Crippen LogP contribution in [0.15, 0.2) is 35.8 Å². The van der Waals surface area contributed by atoms with Gasteiger partial charge in [0.25, 0.3) is 0 Å². The van der Waals surface area contributed by atoms with Gasteiger partial charge in [-0.15, -0.1) is 0 Å². The number of fused-ring (bicyclic) bond motifs is 1. The molecule has 1 unspecified atom stereocenters. The van der Waals surface area contributed by atoms with E-state index in [4.69, 9.17) is 0 Å². The molecule has 3 heteroatoms. The molecule has 1 aliphatic rings.